The molecular weight excluding hydrogens is 597 g/mol. The molecule has 3 aromatic rings. The van der Waals surface area contributed by atoms with Crippen LogP contribution in [0.2, 0.25) is 0 Å². The van der Waals surface area contributed by atoms with Crippen LogP contribution in [-0.2, 0) is 26.0 Å². The lowest BCUT2D eigenvalue weighted by Gasteiger charge is -2.34. The summed E-state index contributed by atoms with van der Waals surface area (Å²) in [6.45, 7) is 1.43. The minimum Gasteiger partial charge on any atom is -0.493 e. The fourth-order valence-electron chi connectivity index (χ4n) is 5.68. The number of carbonyl (C=O) groups excluding carboxylic acids is 2. The summed E-state index contributed by atoms with van der Waals surface area (Å²) in [6, 6.07) is 17.9. The van der Waals surface area contributed by atoms with Gasteiger partial charge in [0.15, 0.2) is 11.5 Å². The quantitative estimate of drug-likeness (QED) is 0.256. The Morgan fingerprint density at radius 3 is 2.22 bits per heavy atom. The number of rotatable bonds is 14. The number of ether oxygens (including phenoxy) is 2. The van der Waals surface area contributed by atoms with Crippen LogP contribution in [0.1, 0.15) is 51.0 Å². The molecule has 45 heavy (non-hydrogen) atoms. The van der Waals surface area contributed by atoms with Crippen molar-refractivity contribution in [1.29, 1.82) is 0 Å². The summed E-state index contributed by atoms with van der Waals surface area (Å²) < 4.78 is 53.7. The number of hydrogen-bond donors (Lipinski definition) is 1. The van der Waals surface area contributed by atoms with E-state index >= 15 is 0 Å². The van der Waals surface area contributed by atoms with Crippen LogP contribution in [0.15, 0.2) is 77.7 Å². The number of benzene rings is 3. The second kappa shape index (κ2) is 15.7. The zero-order chi connectivity index (χ0) is 32.4. The fourth-order valence-corrected chi connectivity index (χ4v) is 7.11. The lowest BCUT2D eigenvalue weighted by molar-refractivity contribution is -0.140. The first-order valence-corrected chi connectivity index (χ1v) is 16.8. The van der Waals surface area contributed by atoms with Gasteiger partial charge in [0, 0.05) is 18.7 Å². The summed E-state index contributed by atoms with van der Waals surface area (Å²) in [6.07, 6.45) is 5.82. The van der Waals surface area contributed by atoms with Crippen LogP contribution in [0.4, 0.5) is 10.1 Å². The van der Waals surface area contributed by atoms with E-state index in [1.807, 2.05) is 37.3 Å². The van der Waals surface area contributed by atoms with Gasteiger partial charge in [-0.25, -0.2) is 12.8 Å². The number of methoxy groups -OCH3 is 2. The van der Waals surface area contributed by atoms with Gasteiger partial charge in [0.25, 0.3) is 10.0 Å². The molecule has 242 valence electrons. The van der Waals surface area contributed by atoms with E-state index in [1.165, 1.54) is 49.5 Å². The molecule has 0 aromatic heterocycles. The van der Waals surface area contributed by atoms with Crippen molar-refractivity contribution in [3.8, 4) is 11.5 Å². The first-order chi connectivity index (χ1) is 21.7. The highest BCUT2D eigenvalue weighted by molar-refractivity contribution is 7.92. The number of sulfonamides is 1. The first kappa shape index (κ1) is 33.8. The molecule has 1 aliphatic rings. The standard InChI is InChI=1S/C34H42FN3O6S/c1-4-30(34(40)36-27-13-9-6-10-14-27)37(22-21-25-11-7-5-8-12-25)33(39)24-38(28-17-15-26(35)16-18-28)45(41,42)29-19-20-31(43-2)32(23-29)44-3/h5,7-8,11-12,15-20,23,27,30H,4,6,9-10,13-14,21-22,24H2,1-3H3,(H,36,40)/t30-/m1/s1. The second-order valence-corrected chi connectivity index (χ2v) is 13.0. The third-order valence-corrected chi connectivity index (χ3v) is 9.93. The van der Waals surface area contributed by atoms with Gasteiger partial charge >= 0.3 is 0 Å². The third kappa shape index (κ3) is 8.54. The van der Waals surface area contributed by atoms with Crippen molar-refractivity contribution in [3.63, 3.8) is 0 Å². The molecule has 0 spiro atoms. The Bertz CT molecular complexity index is 1530. The number of anilines is 1. The van der Waals surface area contributed by atoms with E-state index in [-0.39, 0.29) is 34.8 Å². The predicted octanol–water partition coefficient (Wildman–Crippen LogP) is 5.34. The van der Waals surface area contributed by atoms with E-state index in [1.54, 1.807) is 0 Å². The molecule has 0 heterocycles. The van der Waals surface area contributed by atoms with Crippen LogP contribution in [0.25, 0.3) is 0 Å². The van der Waals surface area contributed by atoms with Crippen LogP contribution >= 0.6 is 0 Å². The molecule has 0 radical (unpaired) electrons. The zero-order valence-electron chi connectivity index (χ0n) is 26.1. The maximum Gasteiger partial charge on any atom is 0.264 e. The Morgan fingerprint density at radius 1 is 0.933 bits per heavy atom. The monoisotopic (exact) mass is 639 g/mol. The van der Waals surface area contributed by atoms with Crippen molar-refractivity contribution in [1.82, 2.24) is 10.2 Å². The lowest BCUT2D eigenvalue weighted by atomic mass is 9.95. The van der Waals surface area contributed by atoms with Crippen LogP contribution in [0.3, 0.4) is 0 Å². The highest BCUT2D eigenvalue weighted by Crippen LogP contribution is 2.32. The van der Waals surface area contributed by atoms with E-state index in [4.69, 9.17) is 9.47 Å². The molecule has 4 rings (SSSR count). The van der Waals surface area contributed by atoms with E-state index < -0.39 is 34.3 Å². The van der Waals surface area contributed by atoms with Crippen LogP contribution in [0, 0.1) is 5.82 Å². The van der Waals surface area contributed by atoms with E-state index in [0.29, 0.717) is 18.6 Å². The van der Waals surface area contributed by atoms with Crippen molar-refractivity contribution < 1.29 is 31.9 Å². The molecule has 0 saturated heterocycles. The zero-order valence-corrected chi connectivity index (χ0v) is 26.9. The van der Waals surface area contributed by atoms with Crippen LogP contribution < -0.4 is 19.1 Å². The molecule has 3 aromatic carbocycles. The van der Waals surface area contributed by atoms with Gasteiger partial charge in [-0.05, 0) is 67.6 Å². The molecule has 0 aliphatic heterocycles. The largest absolute Gasteiger partial charge is 0.493 e. The smallest absolute Gasteiger partial charge is 0.264 e. The van der Waals surface area contributed by atoms with E-state index in [2.05, 4.69) is 5.32 Å². The van der Waals surface area contributed by atoms with Crippen molar-refractivity contribution in [2.24, 2.45) is 0 Å². The summed E-state index contributed by atoms with van der Waals surface area (Å²) in [5.74, 6) is -0.822. The van der Waals surface area contributed by atoms with Gasteiger partial charge in [-0.2, -0.15) is 0 Å². The average Bonchev–Trinajstić information content (AvgIpc) is 3.06. The number of amides is 2. The highest BCUT2D eigenvalue weighted by atomic mass is 32.2. The van der Waals surface area contributed by atoms with Crippen molar-refractivity contribution in [2.75, 3.05) is 31.6 Å². The Morgan fingerprint density at radius 2 is 1.60 bits per heavy atom. The number of carbonyl (C=O) groups is 2. The second-order valence-electron chi connectivity index (χ2n) is 11.1. The molecule has 1 atom stereocenters. The first-order valence-electron chi connectivity index (χ1n) is 15.3. The van der Waals surface area contributed by atoms with E-state index in [0.717, 1.165) is 54.1 Å². The number of hydrogen-bond acceptors (Lipinski definition) is 6. The van der Waals surface area contributed by atoms with Gasteiger partial charge in [-0.1, -0.05) is 56.5 Å². The summed E-state index contributed by atoms with van der Waals surface area (Å²) in [5, 5.41) is 3.14. The van der Waals surface area contributed by atoms with Gasteiger partial charge in [-0.3, -0.25) is 13.9 Å². The van der Waals surface area contributed by atoms with Crippen LogP contribution in [-0.4, -0.2) is 64.5 Å². The Kier molecular flexibility index (Phi) is 11.8. The third-order valence-electron chi connectivity index (χ3n) is 8.16. The molecule has 9 nitrogen and oxygen atoms in total. The van der Waals surface area contributed by atoms with Crippen molar-refractivity contribution >= 4 is 27.5 Å². The summed E-state index contributed by atoms with van der Waals surface area (Å²) in [4.78, 5) is 29.2. The number of nitrogens with one attached hydrogen (secondary N) is 1. The van der Waals surface area contributed by atoms with Gasteiger partial charge in [0.1, 0.15) is 18.4 Å². The Balaban J connectivity index is 1.69. The molecule has 0 unspecified atom stereocenters. The molecule has 0 bridgehead atoms. The molecule has 1 saturated carbocycles. The highest BCUT2D eigenvalue weighted by Gasteiger charge is 2.34. The lowest BCUT2D eigenvalue weighted by Crippen LogP contribution is -2.54. The molecule has 2 amide bonds. The molecular formula is C34H42FN3O6S. The molecule has 1 fully saturated rings. The predicted molar refractivity (Wildman–Crippen MR) is 171 cm³/mol. The van der Waals surface area contributed by atoms with Crippen molar-refractivity contribution in [2.45, 2.75) is 68.8 Å². The maximum absolute atomic E-state index is 14.2. The molecule has 1 N–H and O–H groups in total. The maximum atomic E-state index is 14.2. The fraction of sp³-hybridized carbons (Fsp3) is 0.412. The van der Waals surface area contributed by atoms with Gasteiger partial charge in [0.05, 0.1) is 24.8 Å². The minimum atomic E-state index is -4.37. The van der Waals surface area contributed by atoms with Gasteiger partial charge in [-0.15, -0.1) is 0 Å². The molecule has 11 heteroatoms. The Labute approximate surface area is 265 Å². The summed E-state index contributed by atoms with van der Waals surface area (Å²) in [7, 11) is -1.54. The topological polar surface area (TPSA) is 105 Å². The number of nitrogens with zero attached hydrogens (tertiary/aromatic N) is 2. The van der Waals surface area contributed by atoms with E-state index in [9.17, 15) is 22.4 Å². The minimum absolute atomic E-state index is 0.0486. The van der Waals surface area contributed by atoms with Gasteiger partial charge in [0.2, 0.25) is 11.8 Å². The van der Waals surface area contributed by atoms with Crippen molar-refractivity contribution in [3.05, 3.63) is 84.2 Å². The SMILES string of the molecule is CC[C@H](C(=O)NC1CCCCC1)N(CCc1ccccc1)C(=O)CN(c1ccc(F)cc1)S(=O)(=O)c1ccc(OC)c(OC)c1. The summed E-state index contributed by atoms with van der Waals surface area (Å²) >= 11 is 0. The normalized spacial score (nSPS) is 14.3. The van der Waals surface area contributed by atoms with Gasteiger partial charge < -0.3 is 19.7 Å². The summed E-state index contributed by atoms with van der Waals surface area (Å²) in [5.41, 5.74) is 1.08. The average molecular weight is 640 g/mol. The van der Waals surface area contributed by atoms with Crippen LogP contribution in [0.5, 0.6) is 11.5 Å². The number of halogens is 1. The molecule has 1 aliphatic carbocycles. The Hall–Kier alpha value is -4.12.